The van der Waals surface area contributed by atoms with E-state index in [4.69, 9.17) is 10.5 Å². The normalized spacial score (nSPS) is 32.1. The van der Waals surface area contributed by atoms with Gasteiger partial charge in [-0.25, -0.2) is 0 Å². The van der Waals surface area contributed by atoms with Crippen molar-refractivity contribution in [2.75, 3.05) is 26.7 Å². The highest BCUT2D eigenvalue weighted by Crippen LogP contribution is 2.23. The van der Waals surface area contributed by atoms with Crippen LogP contribution in [-0.2, 0) is 4.74 Å². The van der Waals surface area contributed by atoms with E-state index in [2.05, 4.69) is 16.9 Å². The highest BCUT2D eigenvalue weighted by atomic mass is 16.5. The van der Waals surface area contributed by atoms with Crippen molar-refractivity contribution in [3.8, 4) is 0 Å². The van der Waals surface area contributed by atoms with Gasteiger partial charge in [0.2, 0.25) is 0 Å². The molecule has 0 bridgehead atoms. The fraction of sp³-hybridized carbons (Fsp3) is 0.889. The van der Waals surface area contributed by atoms with Crippen LogP contribution in [0.4, 0.5) is 0 Å². The summed E-state index contributed by atoms with van der Waals surface area (Å²) >= 11 is 0. The Bertz CT molecular complexity index is 213. The third-order valence-corrected chi connectivity index (χ3v) is 2.48. The van der Waals surface area contributed by atoms with Crippen LogP contribution in [0.3, 0.4) is 0 Å². The first kappa shape index (κ1) is 8.97. The molecule has 0 spiro atoms. The Hall–Kier alpha value is -0.610. The van der Waals surface area contributed by atoms with E-state index in [9.17, 15) is 0 Å². The summed E-state index contributed by atoms with van der Waals surface area (Å²) in [6.45, 7) is 2.64. The maximum atomic E-state index is 5.85. The van der Waals surface area contributed by atoms with Crippen LogP contribution in [0.1, 0.15) is 12.8 Å². The summed E-state index contributed by atoms with van der Waals surface area (Å²) in [5, 5.41) is 0. The Morgan fingerprint density at radius 3 is 2.92 bits per heavy atom. The molecule has 74 valence electrons. The molecule has 2 aliphatic rings. The van der Waals surface area contributed by atoms with Crippen LogP contribution < -0.4 is 5.73 Å². The van der Waals surface area contributed by atoms with Crippen LogP contribution >= 0.6 is 0 Å². The van der Waals surface area contributed by atoms with Gasteiger partial charge in [-0.3, -0.25) is 4.99 Å². The molecule has 0 aromatic heterocycles. The van der Waals surface area contributed by atoms with Crippen LogP contribution in [0.5, 0.6) is 0 Å². The molecule has 1 heterocycles. The van der Waals surface area contributed by atoms with E-state index in [0.29, 0.717) is 11.9 Å². The van der Waals surface area contributed by atoms with E-state index < -0.39 is 0 Å². The van der Waals surface area contributed by atoms with Crippen LogP contribution in [0, 0.1) is 0 Å². The quantitative estimate of drug-likeness (QED) is 0.478. The summed E-state index contributed by atoms with van der Waals surface area (Å²) in [6, 6.07) is 0.496. The Balaban J connectivity index is 1.90. The first-order valence-electron chi connectivity index (χ1n) is 4.89. The van der Waals surface area contributed by atoms with Crippen LogP contribution in [0.2, 0.25) is 0 Å². The molecule has 13 heavy (non-hydrogen) atoms. The second-order valence-corrected chi connectivity index (χ2v) is 3.91. The van der Waals surface area contributed by atoms with Crippen molar-refractivity contribution in [1.29, 1.82) is 0 Å². The van der Waals surface area contributed by atoms with Crippen molar-refractivity contribution in [2.45, 2.75) is 25.0 Å². The van der Waals surface area contributed by atoms with Crippen molar-refractivity contribution >= 4 is 5.84 Å². The highest BCUT2D eigenvalue weighted by Gasteiger charge is 2.25. The third-order valence-electron chi connectivity index (χ3n) is 2.48. The molecule has 4 nitrogen and oxygen atoms in total. The molecular weight excluding hydrogens is 166 g/mol. The minimum atomic E-state index is 0.0272. The fourth-order valence-corrected chi connectivity index (χ4v) is 1.45. The highest BCUT2D eigenvalue weighted by molar-refractivity contribution is 5.85. The van der Waals surface area contributed by atoms with E-state index in [1.54, 1.807) is 0 Å². The molecule has 2 N–H and O–H groups in total. The summed E-state index contributed by atoms with van der Waals surface area (Å²) in [5.74, 6) is 0.689. The second-order valence-electron chi connectivity index (χ2n) is 3.91. The number of likely N-dealkylation sites (N-methyl/N-ethyl adjacent to an activating group) is 1. The Kier molecular flexibility index (Phi) is 2.51. The number of nitrogens with two attached hydrogens (primary N) is 1. The monoisotopic (exact) mass is 183 g/mol. The molecule has 1 aliphatic heterocycles. The maximum absolute atomic E-state index is 5.85. The van der Waals surface area contributed by atoms with Gasteiger partial charge >= 0.3 is 0 Å². The average molecular weight is 183 g/mol. The van der Waals surface area contributed by atoms with Gasteiger partial charge in [0.15, 0.2) is 0 Å². The van der Waals surface area contributed by atoms with E-state index in [1.165, 1.54) is 12.8 Å². The summed E-state index contributed by atoms with van der Waals surface area (Å²) in [4.78, 5) is 6.61. The predicted molar refractivity (Wildman–Crippen MR) is 51.9 cm³/mol. The zero-order valence-electron chi connectivity index (χ0n) is 8.07. The van der Waals surface area contributed by atoms with E-state index in [-0.39, 0.29) is 6.10 Å². The van der Waals surface area contributed by atoms with E-state index in [1.807, 2.05) is 0 Å². The molecule has 1 saturated carbocycles. The first-order valence-corrected chi connectivity index (χ1v) is 4.89. The van der Waals surface area contributed by atoms with E-state index in [0.717, 1.165) is 19.7 Å². The molecule has 0 aromatic rings. The predicted octanol–water partition coefficient (Wildman–Crippen LogP) is -0.163. The fourth-order valence-electron chi connectivity index (χ4n) is 1.45. The lowest BCUT2D eigenvalue weighted by molar-refractivity contribution is 0.0166. The number of nitrogens with zero attached hydrogens (tertiary/aromatic N) is 2. The smallest absolute Gasteiger partial charge is 0.127 e. The second kappa shape index (κ2) is 3.64. The lowest BCUT2D eigenvalue weighted by Gasteiger charge is -2.29. The number of hydrogen-bond donors (Lipinski definition) is 1. The summed E-state index contributed by atoms with van der Waals surface area (Å²) in [5.41, 5.74) is 5.85. The first-order chi connectivity index (χ1) is 6.25. The zero-order valence-corrected chi connectivity index (χ0v) is 8.07. The van der Waals surface area contributed by atoms with Crippen LogP contribution in [0.15, 0.2) is 4.99 Å². The molecule has 1 atom stereocenters. The van der Waals surface area contributed by atoms with Gasteiger partial charge in [0.05, 0.1) is 12.6 Å². The number of hydrogen-bond acceptors (Lipinski definition) is 3. The lowest BCUT2D eigenvalue weighted by atomic mass is 10.2. The van der Waals surface area contributed by atoms with Gasteiger partial charge in [0, 0.05) is 13.1 Å². The Morgan fingerprint density at radius 2 is 2.31 bits per heavy atom. The Labute approximate surface area is 78.8 Å². The van der Waals surface area contributed by atoms with Crippen LogP contribution in [-0.4, -0.2) is 49.6 Å². The number of ether oxygens (including phenoxy) is 1. The summed E-state index contributed by atoms with van der Waals surface area (Å²) in [7, 11) is 2.08. The van der Waals surface area contributed by atoms with Gasteiger partial charge in [-0.15, -0.1) is 0 Å². The molecule has 1 aliphatic carbocycles. The minimum Gasteiger partial charge on any atom is -0.385 e. The zero-order chi connectivity index (χ0) is 9.26. The van der Waals surface area contributed by atoms with Gasteiger partial charge in [0.1, 0.15) is 11.9 Å². The SMILES string of the molecule is CN1CCOC(C(N)=NC2CC2)C1. The number of morpholine rings is 1. The number of amidine groups is 1. The molecule has 1 unspecified atom stereocenters. The van der Waals surface area contributed by atoms with Gasteiger partial charge < -0.3 is 15.4 Å². The maximum Gasteiger partial charge on any atom is 0.127 e. The van der Waals surface area contributed by atoms with Crippen molar-refractivity contribution < 1.29 is 4.74 Å². The Morgan fingerprint density at radius 1 is 1.54 bits per heavy atom. The topological polar surface area (TPSA) is 50.9 Å². The van der Waals surface area contributed by atoms with Crippen molar-refractivity contribution in [3.05, 3.63) is 0 Å². The van der Waals surface area contributed by atoms with Crippen LogP contribution in [0.25, 0.3) is 0 Å². The van der Waals surface area contributed by atoms with Gasteiger partial charge in [-0.2, -0.15) is 0 Å². The van der Waals surface area contributed by atoms with E-state index >= 15 is 0 Å². The van der Waals surface area contributed by atoms with Gasteiger partial charge in [0.25, 0.3) is 0 Å². The van der Waals surface area contributed by atoms with Gasteiger partial charge in [-0.1, -0.05) is 0 Å². The molecule has 0 radical (unpaired) electrons. The molecule has 4 heteroatoms. The molecule has 0 amide bonds. The standard InChI is InChI=1S/C9H17N3O/c1-12-4-5-13-8(6-12)9(10)11-7-2-3-7/h7-8H,2-6H2,1H3,(H2,10,11). The molecule has 2 rings (SSSR count). The molecular formula is C9H17N3O. The number of aliphatic imine (C=N–C) groups is 1. The lowest BCUT2D eigenvalue weighted by Crippen LogP contribution is -2.47. The molecule has 0 aromatic carbocycles. The molecule has 2 fully saturated rings. The summed E-state index contributed by atoms with van der Waals surface area (Å²) in [6.07, 6.45) is 2.42. The largest absolute Gasteiger partial charge is 0.385 e. The number of rotatable bonds is 2. The van der Waals surface area contributed by atoms with Crippen molar-refractivity contribution in [3.63, 3.8) is 0 Å². The average Bonchev–Trinajstić information content (AvgIpc) is 2.88. The third kappa shape index (κ3) is 2.42. The van der Waals surface area contributed by atoms with Crippen molar-refractivity contribution in [2.24, 2.45) is 10.7 Å². The van der Waals surface area contributed by atoms with Crippen molar-refractivity contribution in [1.82, 2.24) is 4.90 Å². The molecule has 1 saturated heterocycles. The van der Waals surface area contributed by atoms with Gasteiger partial charge in [-0.05, 0) is 19.9 Å². The minimum absolute atomic E-state index is 0.0272. The summed E-state index contributed by atoms with van der Waals surface area (Å²) < 4.78 is 5.54.